The van der Waals surface area contributed by atoms with Crippen LogP contribution in [0.3, 0.4) is 0 Å². The SMILES string of the molecule is CC(C)(C)c1ccc(-c2[c-]cccc2)nc1.[2H]C([2H])([2H])c1cnc(-c2[c-]ccc3c2oc2cc4c(ccc5ccccc54)cc23)cc1C1([2H])CCC2(CCCCC2)CC1.[Ir]. The van der Waals surface area contributed by atoms with Gasteiger partial charge in [0.2, 0.25) is 0 Å². The summed E-state index contributed by atoms with van der Waals surface area (Å²) in [5.41, 5.74) is 7.33. The molecule has 0 unspecified atom stereocenters. The Morgan fingerprint density at radius 3 is 2.25 bits per heavy atom. The standard InChI is InChI=1S/C37H34NO.C15H16N.Ir/c1-24-23-38-34(21-31(24)26-14-18-37(19-15-26)16-5-2-6-17-37)30-11-7-10-29-33-20-27-13-12-25-8-3-4-9-28(25)32(27)22-35(33)39-36(29)30;1-15(2,3)13-9-10-14(16-11-13)12-7-5-4-6-8-12;/h3-4,7-10,12-13,20-23,26H,2,5-6,14-19H2,1H3;4-7,9-11H,1-3H3;/q2*-1;/i1D3,26D;;. The fourth-order valence-corrected chi connectivity index (χ4v) is 9.02. The van der Waals surface area contributed by atoms with Crippen molar-refractivity contribution in [1.82, 2.24) is 9.97 Å². The fraction of sp³-hybridized carbons (Fsp3) is 0.308. The molecule has 56 heavy (non-hydrogen) atoms. The summed E-state index contributed by atoms with van der Waals surface area (Å²) in [7, 11) is 0. The topological polar surface area (TPSA) is 38.9 Å². The third kappa shape index (κ3) is 7.47. The Hall–Kier alpha value is -4.63. The van der Waals surface area contributed by atoms with E-state index in [0.717, 1.165) is 51.2 Å². The van der Waals surface area contributed by atoms with E-state index in [0.29, 0.717) is 40.7 Å². The summed E-state index contributed by atoms with van der Waals surface area (Å²) >= 11 is 0. The molecule has 1 spiro atoms. The van der Waals surface area contributed by atoms with Crippen molar-refractivity contribution in [1.29, 1.82) is 0 Å². The summed E-state index contributed by atoms with van der Waals surface area (Å²) in [6.07, 6.45) is 13.1. The number of nitrogens with zero attached hydrogens (tertiary/aromatic N) is 2. The van der Waals surface area contributed by atoms with Gasteiger partial charge in [-0.2, -0.15) is 0 Å². The molecule has 2 aliphatic carbocycles. The van der Waals surface area contributed by atoms with E-state index in [1.54, 1.807) is 0 Å². The van der Waals surface area contributed by atoms with Crippen molar-refractivity contribution < 1.29 is 30.0 Å². The molecule has 3 aromatic heterocycles. The predicted molar refractivity (Wildman–Crippen MR) is 229 cm³/mol. The summed E-state index contributed by atoms with van der Waals surface area (Å²) < 4.78 is 41.1. The van der Waals surface area contributed by atoms with Crippen LogP contribution in [0, 0.1) is 24.4 Å². The molecule has 0 N–H and O–H groups in total. The van der Waals surface area contributed by atoms with Crippen LogP contribution < -0.4 is 0 Å². The maximum absolute atomic E-state index is 9.63. The molecule has 0 saturated heterocycles. The second kappa shape index (κ2) is 15.7. The minimum Gasteiger partial charge on any atom is -0.501 e. The number of aromatic nitrogens is 2. The van der Waals surface area contributed by atoms with E-state index in [9.17, 15) is 1.37 Å². The van der Waals surface area contributed by atoms with Gasteiger partial charge in [-0.05, 0) is 124 Å². The third-order valence-electron chi connectivity index (χ3n) is 12.3. The van der Waals surface area contributed by atoms with Crippen LogP contribution in [0.25, 0.3) is 66.0 Å². The molecule has 2 fully saturated rings. The number of rotatable bonds is 3. The second-order valence-corrected chi connectivity index (χ2v) is 16.8. The zero-order chi connectivity index (χ0) is 41.0. The van der Waals surface area contributed by atoms with Gasteiger partial charge in [0, 0.05) is 43.4 Å². The smallest absolute Gasteiger partial charge is 0.121 e. The molecule has 8 aromatic rings. The third-order valence-corrected chi connectivity index (χ3v) is 12.3. The fourth-order valence-electron chi connectivity index (χ4n) is 9.02. The van der Waals surface area contributed by atoms with Crippen LogP contribution in [0.4, 0.5) is 0 Å². The summed E-state index contributed by atoms with van der Waals surface area (Å²) in [5.74, 6) is -0.954. The first kappa shape index (κ1) is 33.5. The summed E-state index contributed by atoms with van der Waals surface area (Å²) in [5, 5.41) is 6.65. The summed E-state index contributed by atoms with van der Waals surface area (Å²) in [6.45, 7) is 4.24. The Morgan fingerprint density at radius 2 is 1.50 bits per heavy atom. The van der Waals surface area contributed by atoms with Gasteiger partial charge in [0.1, 0.15) is 5.58 Å². The number of hydrogen-bond donors (Lipinski definition) is 0. The number of pyridine rings is 2. The Bertz CT molecular complexity index is 2790. The quantitative estimate of drug-likeness (QED) is 0.131. The van der Waals surface area contributed by atoms with E-state index in [2.05, 4.69) is 104 Å². The number of fused-ring (bicyclic) bond motifs is 6. The number of aryl methyl sites for hydroxylation is 1. The number of benzene rings is 5. The van der Waals surface area contributed by atoms with Crippen molar-refractivity contribution >= 4 is 43.5 Å². The molecular formula is C52H50IrN2O-2. The molecule has 2 saturated carbocycles. The Labute approximate surface area is 350 Å². The van der Waals surface area contributed by atoms with Gasteiger partial charge in [-0.3, -0.25) is 0 Å². The average molecular weight is 915 g/mol. The van der Waals surface area contributed by atoms with E-state index in [4.69, 9.17) is 8.53 Å². The van der Waals surface area contributed by atoms with E-state index < -0.39 is 12.7 Å². The van der Waals surface area contributed by atoms with Crippen LogP contribution in [0.5, 0.6) is 0 Å². The van der Waals surface area contributed by atoms with Gasteiger partial charge in [-0.25, -0.2) is 0 Å². The van der Waals surface area contributed by atoms with Gasteiger partial charge < -0.3 is 14.4 Å². The van der Waals surface area contributed by atoms with Crippen molar-refractivity contribution in [2.75, 3.05) is 0 Å². The second-order valence-electron chi connectivity index (χ2n) is 16.8. The Kier molecular flexibility index (Phi) is 9.41. The normalized spacial score (nSPS) is 17.7. The van der Waals surface area contributed by atoms with E-state index in [1.807, 2.05) is 48.7 Å². The molecule has 0 atom stereocenters. The minimum absolute atomic E-state index is 0. The van der Waals surface area contributed by atoms with Gasteiger partial charge in [0.25, 0.3) is 0 Å². The molecule has 3 heterocycles. The first-order valence-electron chi connectivity index (χ1n) is 21.9. The van der Waals surface area contributed by atoms with Gasteiger partial charge in [0.05, 0.1) is 5.58 Å². The molecule has 2 aliphatic rings. The predicted octanol–water partition coefficient (Wildman–Crippen LogP) is 14.5. The zero-order valence-corrected chi connectivity index (χ0v) is 34.9. The van der Waals surface area contributed by atoms with Crippen molar-refractivity contribution in [3.8, 4) is 22.5 Å². The molecule has 3 nitrogen and oxygen atoms in total. The molecule has 1 radical (unpaired) electrons. The minimum atomic E-state index is -2.34. The van der Waals surface area contributed by atoms with E-state index in [-0.39, 0.29) is 31.1 Å². The van der Waals surface area contributed by atoms with Crippen LogP contribution in [0.1, 0.15) is 107 Å². The molecule has 0 aliphatic heterocycles. The monoisotopic (exact) mass is 915 g/mol. The van der Waals surface area contributed by atoms with E-state index >= 15 is 0 Å². The van der Waals surface area contributed by atoms with Crippen LogP contribution in [-0.4, -0.2) is 9.97 Å². The first-order valence-corrected chi connectivity index (χ1v) is 19.9. The van der Waals surface area contributed by atoms with Crippen LogP contribution >= 0.6 is 0 Å². The van der Waals surface area contributed by atoms with Crippen LogP contribution in [0.2, 0.25) is 0 Å². The molecule has 5 aromatic carbocycles. The average Bonchev–Trinajstić information content (AvgIpc) is 3.62. The number of furan rings is 1. The van der Waals surface area contributed by atoms with Gasteiger partial charge in [0.15, 0.2) is 0 Å². The summed E-state index contributed by atoms with van der Waals surface area (Å²) in [6, 6.07) is 41.4. The van der Waals surface area contributed by atoms with Gasteiger partial charge >= 0.3 is 0 Å². The molecular weight excluding hydrogens is 861 g/mol. The van der Waals surface area contributed by atoms with Gasteiger partial charge in [-0.15, -0.1) is 54.1 Å². The van der Waals surface area contributed by atoms with Crippen molar-refractivity contribution in [3.05, 3.63) is 144 Å². The largest absolute Gasteiger partial charge is 0.501 e. The molecule has 0 bridgehead atoms. The molecule has 4 heteroatoms. The van der Waals surface area contributed by atoms with E-state index in [1.165, 1.54) is 54.6 Å². The summed E-state index contributed by atoms with van der Waals surface area (Å²) in [4.78, 5) is 9.15. The first-order chi connectivity index (χ1) is 28.3. The van der Waals surface area contributed by atoms with Crippen molar-refractivity contribution in [2.24, 2.45) is 5.41 Å². The Balaban J connectivity index is 0.000000248. The molecule has 10 rings (SSSR count). The maximum Gasteiger partial charge on any atom is 0.121 e. The van der Waals surface area contributed by atoms with Gasteiger partial charge in [-0.1, -0.05) is 106 Å². The van der Waals surface area contributed by atoms with Crippen LogP contribution in [0.15, 0.2) is 120 Å². The van der Waals surface area contributed by atoms with Crippen LogP contribution in [-0.2, 0) is 25.5 Å². The zero-order valence-electron chi connectivity index (χ0n) is 36.5. The number of hydrogen-bond acceptors (Lipinski definition) is 3. The molecule has 285 valence electrons. The van der Waals surface area contributed by atoms with Crippen molar-refractivity contribution in [3.63, 3.8) is 0 Å². The maximum atomic E-state index is 9.63. The van der Waals surface area contributed by atoms with Crippen molar-refractivity contribution in [2.45, 2.75) is 96.7 Å². The molecule has 0 amide bonds. The Morgan fingerprint density at radius 1 is 0.714 bits per heavy atom.